The van der Waals surface area contributed by atoms with Gasteiger partial charge in [-0.05, 0) is 36.3 Å². The van der Waals surface area contributed by atoms with Crippen LogP contribution in [0.1, 0.15) is 24.0 Å². The number of fused-ring (bicyclic) bond motifs is 1. The number of benzene rings is 1. The Morgan fingerprint density at radius 2 is 2.06 bits per heavy atom. The molecule has 1 saturated carbocycles. The maximum atomic E-state index is 11.9. The molecule has 1 N–H and O–H groups in total. The van der Waals surface area contributed by atoms with Crippen molar-refractivity contribution in [3.63, 3.8) is 0 Å². The molecular formula is C14H17NO2. The van der Waals surface area contributed by atoms with E-state index in [4.69, 9.17) is 4.74 Å². The Morgan fingerprint density at radius 3 is 2.82 bits per heavy atom. The summed E-state index contributed by atoms with van der Waals surface area (Å²) < 4.78 is 5.32. The number of hydrogen-bond donors (Lipinski definition) is 1. The van der Waals surface area contributed by atoms with Gasteiger partial charge in [-0.25, -0.2) is 0 Å². The van der Waals surface area contributed by atoms with Crippen LogP contribution in [0.3, 0.4) is 0 Å². The van der Waals surface area contributed by atoms with Crippen molar-refractivity contribution in [3.05, 3.63) is 35.4 Å². The van der Waals surface area contributed by atoms with Crippen LogP contribution in [0.25, 0.3) is 0 Å². The van der Waals surface area contributed by atoms with E-state index in [-0.39, 0.29) is 12.0 Å². The van der Waals surface area contributed by atoms with Gasteiger partial charge in [0.1, 0.15) is 6.04 Å². The van der Waals surface area contributed by atoms with Gasteiger partial charge >= 0.3 is 5.97 Å². The summed E-state index contributed by atoms with van der Waals surface area (Å²) in [7, 11) is 0. The summed E-state index contributed by atoms with van der Waals surface area (Å²) >= 11 is 0. The van der Waals surface area contributed by atoms with Gasteiger partial charge in [0, 0.05) is 6.54 Å². The van der Waals surface area contributed by atoms with Crippen LogP contribution in [-0.2, 0) is 22.5 Å². The van der Waals surface area contributed by atoms with Crippen LogP contribution in [0.2, 0.25) is 0 Å². The van der Waals surface area contributed by atoms with Crippen molar-refractivity contribution in [2.75, 3.05) is 6.61 Å². The van der Waals surface area contributed by atoms with Crippen LogP contribution in [0.4, 0.5) is 0 Å². The SMILES string of the molecule is O=C(OCC1CC1)[C@H]1Cc2ccccc2CN1. The van der Waals surface area contributed by atoms with Crippen LogP contribution in [0.5, 0.6) is 0 Å². The summed E-state index contributed by atoms with van der Waals surface area (Å²) in [4.78, 5) is 11.9. The van der Waals surface area contributed by atoms with Gasteiger partial charge in [0.05, 0.1) is 6.61 Å². The largest absolute Gasteiger partial charge is 0.464 e. The molecule has 0 bridgehead atoms. The van der Waals surface area contributed by atoms with Crippen LogP contribution >= 0.6 is 0 Å². The van der Waals surface area contributed by atoms with Gasteiger partial charge in [-0.15, -0.1) is 0 Å². The zero-order valence-electron chi connectivity index (χ0n) is 9.82. The van der Waals surface area contributed by atoms with Gasteiger partial charge in [0.25, 0.3) is 0 Å². The van der Waals surface area contributed by atoms with Crippen LogP contribution < -0.4 is 5.32 Å². The molecule has 1 aromatic carbocycles. The summed E-state index contributed by atoms with van der Waals surface area (Å²) in [5.41, 5.74) is 2.55. The first kappa shape index (κ1) is 10.8. The molecule has 3 heteroatoms. The summed E-state index contributed by atoms with van der Waals surface area (Å²) in [6, 6.07) is 8.10. The van der Waals surface area contributed by atoms with E-state index in [0.717, 1.165) is 13.0 Å². The second-order valence-corrected chi connectivity index (χ2v) is 4.98. The second kappa shape index (κ2) is 4.49. The van der Waals surface area contributed by atoms with E-state index >= 15 is 0 Å². The van der Waals surface area contributed by atoms with Crippen LogP contribution in [0, 0.1) is 5.92 Å². The highest BCUT2D eigenvalue weighted by atomic mass is 16.5. The number of nitrogens with one attached hydrogen (secondary N) is 1. The Morgan fingerprint density at radius 1 is 1.29 bits per heavy atom. The van der Waals surface area contributed by atoms with E-state index in [9.17, 15) is 4.79 Å². The highest BCUT2D eigenvalue weighted by molar-refractivity contribution is 5.76. The molecule has 1 aliphatic heterocycles. The molecule has 90 valence electrons. The van der Waals surface area contributed by atoms with Crippen molar-refractivity contribution in [3.8, 4) is 0 Å². The Kier molecular flexibility index (Phi) is 2.85. The average Bonchev–Trinajstić information content (AvgIpc) is 3.19. The van der Waals surface area contributed by atoms with Gasteiger partial charge in [-0.2, -0.15) is 0 Å². The zero-order valence-corrected chi connectivity index (χ0v) is 9.82. The first-order chi connectivity index (χ1) is 8.33. The monoisotopic (exact) mass is 231 g/mol. The Bertz CT molecular complexity index is 426. The van der Waals surface area contributed by atoms with Gasteiger partial charge in [-0.1, -0.05) is 24.3 Å². The molecule has 3 rings (SSSR count). The van der Waals surface area contributed by atoms with Crippen molar-refractivity contribution in [1.29, 1.82) is 0 Å². The molecule has 0 aromatic heterocycles. The molecule has 1 heterocycles. The number of rotatable bonds is 3. The number of carbonyl (C=O) groups is 1. The molecule has 0 spiro atoms. The maximum absolute atomic E-state index is 11.9. The minimum Gasteiger partial charge on any atom is -0.464 e. The molecular weight excluding hydrogens is 214 g/mol. The third-order valence-electron chi connectivity index (χ3n) is 3.52. The van der Waals surface area contributed by atoms with E-state index in [1.807, 2.05) is 12.1 Å². The highest BCUT2D eigenvalue weighted by Gasteiger charge is 2.28. The molecule has 0 saturated heterocycles. The average molecular weight is 231 g/mol. The van der Waals surface area contributed by atoms with Gasteiger partial charge < -0.3 is 10.1 Å². The minimum atomic E-state index is -0.163. The van der Waals surface area contributed by atoms with Crippen LogP contribution in [0.15, 0.2) is 24.3 Å². The summed E-state index contributed by atoms with van der Waals surface area (Å²) in [6.07, 6.45) is 3.18. The Balaban J connectivity index is 1.60. The first-order valence-corrected chi connectivity index (χ1v) is 6.30. The summed E-state index contributed by atoms with van der Waals surface area (Å²) in [6.45, 7) is 1.37. The third-order valence-corrected chi connectivity index (χ3v) is 3.52. The predicted molar refractivity (Wildman–Crippen MR) is 64.5 cm³/mol. The number of ether oxygens (including phenoxy) is 1. The normalized spacial score (nSPS) is 22.9. The summed E-state index contributed by atoms with van der Waals surface area (Å²) in [5, 5.41) is 3.24. The van der Waals surface area contributed by atoms with Crippen LogP contribution in [-0.4, -0.2) is 18.6 Å². The van der Waals surface area contributed by atoms with Gasteiger partial charge in [0.2, 0.25) is 0 Å². The van der Waals surface area contributed by atoms with Crippen molar-refractivity contribution < 1.29 is 9.53 Å². The number of esters is 1. The highest BCUT2D eigenvalue weighted by Crippen LogP contribution is 2.29. The van der Waals surface area contributed by atoms with E-state index in [2.05, 4.69) is 17.4 Å². The molecule has 2 aliphatic rings. The topological polar surface area (TPSA) is 38.3 Å². The predicted octanol–water partition coefficient (Wildman–Crippen LogP) is 1.65. The Labute approximate surface area is 101 Å². The fourth-order valence-electron chi connectivity index (χ4n) is 2.21. The van der Waals surface area contributed by atoms with E-state index in [0.29, 0.717) is 12.5 Å². The fraction of sp³-hybridized carbons (Fsp3) is 0.500. The molecule has 1 aliphatic carbocycles. The lowest BCUT2D eigenvalue weighted by molar-refractivity contribution is -0.146. The zero-order chi connectivity index (χ0) is 11.7. The third kappa shape index (κ3) is 2.50. The van der Waals surface area contributed by atoms with Crippen molar-refractivity contribution in [2.24, 2.45) is 5.92 Å². The standard InChI is InChI=1S/C14H17NO2/c16-14(17-9-10-5-6-10)13-7-11-3-1-2-4-12(11)8-15-13/h1-4,10,13,15H,5-9H2/t13-/m1/s1. The lowest BCUT2D eigenvalue weighted by Crippen LogP contribution is -2.42. The minimum absolute atomic E-state index is 0.0913. The molecule has 1 fully saturated rings. The Hall–Kier alpha value is -1.35. The van der Waals surface area contributed by atoms with E-state index < -0.39 is 0 Å². The molecule has 17 heavy (non-hydrogen) atoms. The van der Waals surface area contributed by atoms with Gasteiger partial charge in [0.15, 0.2) is 0 Å². The number of hydrogen-bond acceptors (Lipinski definition) is 3. The maximum Gasteiger partial charge on any atom is 0.323 e. The van der Waals surface area contributed by atoms with Crippen molar-refractivity contribution >= 4 is 5.97 Å². The van der Waals surface area contributed by atoms with Crippen molar-refractivity contribution in [1.82, 2.24) is 5.32 Å². The van der Waals surface area contributed by atoms with Gasteiger partial charge in [-0.3, -0.25) is 4.79 Å². The second-order valence-electron chi connectivity index (χ2n) is 4.98. The molecule has 0 unspecified atom stereocenters. The fourth-order valence-corrected chi connectivity index (χ4v) is 2.21. The molecule has 3 nitrogen and oxygen atoms in total. The lowest BCUT2D eigenvalue weighted by Gasteiger charge is -2.24. The lowest BCUT2D eigenvalue weighted by atomic mass is 9.96. The molecule has 0 amide bonds. The van der Waals surface area contributed by atoms with Crippen molar-refractivity contribution in [2.45, 2.75) is 31.8 Å². The quantitative estimate of drug-likeness (QED) is 0.804. The number of carbonyl (C=O) groups excluding carboxylic acids is 1. The smallest absolute Gasteiger partial charge is 0.323 e. The molecule has 1 atom stereocenters. The first-order valence-electron chi connectivity index (χ1n) is 6.30. The van der Waals surface area contributed by atoms with E-state index in [1.54, 1.807) is 0 Å². The summed E-state index contributed by atoms with van der Waals surface area (Å²) in [5.74, 6) is 0.543. The molecule has 0 radical (unpaired) electrons. The molecule has 1 aromatic rings. The van der Waals surface area contributed by atoms with E-state index in [1.165, 1.54) is 24.0 Å².